The Morgan fingerprint density at radius 3 is 2.51 bits per heavy atom. The van der Waals surface area contributed by atoms with Crippen LogP contribution >= 0.6 is 11.8 Å². The molecule has 0 unspecified atom stereocenters. The second-order valence-corrected chi connectivity index (χ2v) is 9.63. The fraction of sp³-hybridized carbons (Fsp3) is 0.222. The summed E-state index contributed by atoms with van der Waals surface area (Å²) in [5.74, 6) is 0.382. The predicted octanol–water partition coefficient (Wildman–Crippen LogP) is 5.68. The van der Waals surface area contributed by atoms with E-state index in [1.54, 1.807) is 28.6 Å². The Bertz CT molecular complexity index is 1330. The molecule has 3 aromatic carbocycles. The van der Waals surface area contributed by atoms with Gasteiger partial charge in [-0.3, -0.25) is 4.79 Å². The molecule has 0 aliphatic carbocycles. The van der Waals surface area contributed by atoms with E-state index in [4.69, 9.17) is 10.1 Å². The standard InChI is InChI=1S/C27H26FN5OS/c1-17-8-6-7-9-20(17)16-35-27-31-26-29-18(2)23(25(34)30-22-10-4-3-5-11-22)24(33(26)32-27)19-12-14-21(28)15-13-19/h3-15,18,23-24H,16H2,1-2H3,(H,30,34)(H,29,31,32)/t18-,23-,24+/m1/s1. The van der Waals surface area contributed by atoms with Crippen LogP contribution in [0, 0.1) is 18.7 Å². The quantitative estimate of drug-likeness (QED) is 0.343. The third kappa shape index (κ3) is 4.93. The molecular formula is C27H26FN5OS. The molecule has 8 heteroatoms. The summed E-state index contributed by atoms with van der Waals surface area (Å²) < 4.78 is 15.5. The zero-order valence-electron chi connectivity index (χ0n) is 19.5. The van der Waals surface area contributed by atoms with Crippen molar-refractivity contribution in [3.05, 3.63) is 101 Å². The molecule has 6 nitrogen and oxygen atoms in total. The van der Waals surface area contributed by atoms with Gasteiger partial charge in [0.2, 0.25) is 17.0 Å². The number of aromatic nitrogens is 3. The molecule has 0 radical (unpaired) electrons. The third-order valence-corrected chi connectivity index (χ3v) is 7.17. The van der Waals surface area contributed by atoms with Gasteiger partial charge in [0.15, 0.2) is 0 Å². The van der Waals surface area contributed by atoms with E-state index in [0.29, 0.717) is 11.1 Å². The molecule has 5 rings (SSSR count). The smallest absolute Gasteiger partial charge is 0.232 e. The first-order valence-electron chi connectivity index (χ1n) is 11.5. The van der Waals surface area contributed by atoms with E-state index in [-0.39, 0.29) is 17.8 Å². The normalized spacial score (nSPS) is 19.0. The number of para-hydroxylation sites is 1. The number of hydrogen-bond acceptors (Lipinski definition) is 5. The number of nitrogens with one attached hydrogen (secondary N) is 2. The number of thioether (sulfide) groups is 1. The van der Waals surface area contributed by atoms with Crippen molar-refractivity contribution >= 4 is 29.3 Å². The first kappa shape index (κ1) is 23.1. The molecule has 0 spiro atoms. The molecule has 0 bridgehead atoms. The predicted molar refractivity (Wildman–Crippen MR) is 137 cm³/mol. The van der Waals surface area contributed by atoms with Gasteiger partial charge in [0, 0.05) is 17.5 Å². The Balaban J connectivity index is 1.48. The van der Waals surface area contributed by atoms with Gasteiger partial charge in [-0.25, -0.2) is 9.07 Å². The highest BCUT2D eigenvalue weighted by Crippen LogP contribution is 2.38. The topological polar surface area (TPSA) is 71.8 Å². The first-order valence-corrected chi connectivity index (χ1v) is 12.5. The summed E-state index contributed by atoms with van der Waals surface area (Å²) >= 11 is 1.55. The van der Waals surface area contributed by atoms with Crippen molar-refractivity contribution in [1.29, 1.82) is 0 Å². The summed E-state index contributed by atoms with van der Waals surface area (Å²) in [6.45, 7) is 4.05. The number of nitrogens with zero attached hydrogens (tertiary/aromatic N) is 3. The van der Waals surface area contributed by atoms with Crippen molar-refractivity contribution in [2.24, 2.45) is 5.92 Å². The first-order chi connectivity index (χ1) is 17.0. The van der Waals surface area contributed by atoms with Gasteiger partial charge in [0.05, 0.1) is 12.0 Å². The molecular weight excluding hydrogens is 461 g/mol. The number of anilines is 2. The number of halogens is 1. The van der Waals surface area contributed by atoms with E-state index in [2.05, 4.69) is 29.7 Å². The van der Waals surface area contributed by atoms with Crippen LogP contribution in [0.15, 0.2) is 84.0 Å². The van der Waals surface area contributed by atoms with E-state index in [9.17, 15) is 9.18 Å². The molecule has 1 aromatic heterocycles. The van der Waals surface area contributed by atoms with E-state index < -0.39 is 12.0 Å². The fourth-order valence-corrected chi connectivity index (χ4v) is 5.32. The molecule has 0 saturated heterocycles. The van der Waals surface area contributed by atoms with Crippen molar-refractivity contribution in [2.45, 2.75) is 36.8 Å². The van der Waals surface area contributed by atoms with Gasteiger partial charge in [0.25, 0.3) is 0 Å². The molecule has 0 saturated carbocycles. The van der Waals surface area contributed by atoms with Crippen molar-refractivity contribution in [3.63, 3.8) is 0 Å². The molecule has 35 heavy (non-hydrogen) atoms. The van der Waals surface area contributed by atoms with Crippen molar-refractivity contribution in [3.8, 4) is 0 Å². The number of fused-ring (bicyclic) bond motifs is 1. The number of carbonyl (C=O) groups excluding carboxylic acids is 1. The van der Waals surface area contributed by atoms with Crippen LogP contribution in [0.5, 0.6) is 0 Å². The summed E-state index contributed by atoms with van der Waals surface area (Å²) in [6.07, 6.45) is 0. The Labute approximate surface area is 208 Å². The minimum Gasteiger partial charge on any atom is -0.351 e. The molecule has 0 fully saturated rings. The molecule has 1 aliphatic rings. The zero-order valence-corrected chi connectivity index (χ0v) is 20.3. The lowest BCUT2D eigenvalue weighted by molar-refractivity contribution is -0.121. The van der Waals surface area contributed by atoms with Gasteiger partial charge in [-0.1, -0.05) is 66.4 Å². The Hall–Kier alpha value is -3.65. The third-order valence-electron chi connectivity index (χ3n) is 6.28. The lowest BCUT2D eigenvalue weighted by Gasteiger charge is -2.36. The number of hydrogen-bond donors (Lipinski definition) is 2. The van der Waals surface area contributed by atoms with Gasteiger partial charge in [0.1, 0.15) is 5.82 Å². The Morgan fingerprint density at radius 2 is 1.77 bits per heavy atom. The summed E-state index contributed by atoms with van der Waals surface area (Å²) in [5, 5.41) is 11.8. The van der Waals surface area contributed by atoms with Crippen LogP contribution in [-0.2, 0) is 10.5 Å². The number of amides is 1. The Kier molecular flexibility index (Phi) is 6.55. The second kappa shape index (κ2) is 9.92. The number of rotatable bonds is 6. The number of carbonyl (C=O) groups is 1. The summed E-state index contributed by atoms with van der Waals surface area (Å²) in [7, 11) is 0. The van der Waals surface area contributed by atoms with E-state index >= 15 is 0 Å². The van der Waals surface area contributed by atoms with E-state index in [1.807, 2.05) is 49.4 Å². The van der Waals surface area contributed by atoms with Crippen LogP contribution in [0.4, 0.5) is 16.0 Å². The molecule has 2 heterocycles. The molecule has 1 aliphatic heterocycles. The summed E-state index contributed by atoms with van der Waals surface area (Å²) in [4.78, 5) is 18.2. The molecule has 178 valence electrons. The van der Waals surface area contributed by atoms with Gasteiger partial charge in [-0.2, -0.15) is 4.98 Å². The van der Waals surface area contributed by atoms with E-state index in [0.717, 1.165) is 17.0 Å². The maximum Gasteiger partial charge on any atom is 0.232 e. The second-order valence-electron chi connectivity index (χ2n) is 8.69. The monoisotopic (exact) mass is 487 g/mol. The lowest BCUT2D eigenvalue weighted by atomic mass is 9.85. The highest BCUT2D eigenvalue weighted by molar-refractivity contribution is 7.98. The van der Waals surface area contributed by atoms with Gasteiger partial charge in [-0.05, 0) is 54.8 Å². The maximum atomic E-state index is 13.7. The largest absolute Gasteiger partial charge is 0.351 e. The fourth-order valence-electron chi connectivity index (χ4n) is 4.42. The van der Waals surface area contributed by atoms with Crippen LogP contribution in [0.1, 0.15) is 29.7 Å². The Morgan fingerprint density at radius 1 is 1.06 bits per heavy atom. The van der Waals surface area contributed by atoms with Gasteiger partial charge >= 0.3 is 0 Å². The summed E-state index contributed by atoms with van der Waals surface area (Å²) in [5.41, 5.74) is 3.97. The SMILES string of the molecule is Cc1ccccc1CSc1nc2n(n1)[C@@H](c1ccc(F)cc1)[C@H](C(=O)Nc1ccccc1)[C@@H](C)N2. The van der Waals surface area contributed by atoms with Crippen LogP contribution in [0.2, 0.25) is 0 Å². The minimum atomic E-state index is -0.496. The molecule has 4 aromatic rings. The average molecular weight is 488 g/mol. The average Bonchev–Trinajstić information content (AvgIpc) is 3.26. The highest BCUT2D eigenvalue weighted by atomic mass is 32.2. The summed E-state index contributed by atoms with van der Waals surface area (Å²) in [6, 6.07) is 23.2. The van der Waals surface area contributed by atoms with Crippen molar-refractivity contribution in [2.75, 3.05) is 10.6 Å². The van der Waals surface area contributed by atoms with Crippen LogP contribution in [0.3, 0.4) is 0 Å². The van der Waals surface area contributed by atoms with Gasteiger partial charge < -0.3 is 10.6 Å². The number of benzene rings is 3. The van der Waals surface area contributed by atoms with Crippen LogP contribution in [-0.4, -0.2) is 26.7 Å². The van der Waals surface area contributed by atoms with E-state index in [1.165, 1.54) is 23.3 Å². The minimum absolute atomic E-state index is 0.138. The molecule has 3 atom stereocenters. The highest BCUT2D eigenvalue weighted by Gasteiger charge is 2.42. The zero-order chi connectivity index (χ0) is 24.4. The van der Waals surface area contributed by atoms with Crippen molar-refractivity contribution in [1.82, 2.24) is 14.8 Å². The maximum absolute atomic E-state index is 13.7. The van der Waals surface area contributed by atoms with Crippen LogP contribution in [0.25, 0.3) is 0 Å². The lowest BCUT2D eigenvalue weighted by Crippen LogP contribution is -2.46. The van der Waals surface area contributed by atoms with Crippen molar-refractivity contribution < 1.29 is 9.18 Å². The van der Waals surface area contributed by atoms with Crippen LogP contribution < -0.4 is 10.6 Å². The number of aryl methyl sites for hydroxylation is 1. The molecule has 1 amide bonds. The van der Waals surface area contributed by atoms with Gasteiger partial charge in [-0.15, -0.1) is 5.10 Å². The molecule has 2 N–H and O–H groups in total.